The zero-order valence-electron chi connectivity index (χ0n) is 15.8. The Bertz CT molecular complexity index is 844. The number of nitrogens with zero attached hydrogens (tertiary/aromatic N) is 2. The Morgan fingerprint density at radius 2 is 2.04 bits per heavy atom. The molecule has 0 spiro atoms. The van der Waals surface area contributed by atoms with Crippen LogP contribution in [-0.2, 0) is 17.8 Å². The Labute approximate surface area is 164 Å². The zero-order chi connectivity index (χ0) is 19.1. The monoisotopic (exact) mass is 383 g/mol. The van der Waals surface area contributed by atoms with Crippen LogP contribution >= 0.6 is 11.3 Å². The highest BCUT2D eigenvalue weighted by atomic mass is 32.1. The predicted molar refractivity (Wildman–Crippen MR) is 109 cm³/mol. The zero-order valence-corrected chi connectivity index (χ0v) is 16.6. The van der Waals surface area contributed by atoms with Gasteiger partial charge in [-0.25, -0.2) is 4.98 Å². The fourth-order valence-electron chi connectivity index (χ4n) is 2.86. The minimum absolute atomic E-state index is 0.0187. The number of aromatic nitrogens is 1. The Morgan fingerprint density at radius 1 is 1.22 bits per heavy atom. The van der Waals surface area contributed by atoms with Gasteiger partial charge in [0.15, 0.2) is 0 Å². The van der Waals surface area contributed by atoms with E-state index in [4.69, 9.17) is 4.42 Å². The van der Waals surface area contributed by atoms with Gasteiger partial charge in [0.2, 0.25) is 11.8 Å². The number of rotatable bonds is 9. The average molecular weight is 384 g/mol. The molecule has 1 aromatic carbocycles. The topological polar surface area (TPSA) is 58.4 Å². The van der Waals surface area contributed by atoms with Crippen LogP contribution in [-0.4, -0.2) is 35.9 Å². The van der Waals surface area contributed by atoms with Crippen molar-refractivity contribution >= 4 is 17.2 Å². The lowest BCUT2D eigenvalue weighted by molar-refractivity contribution is -0.120. The average Bonchev–Trinajstić information content (AvgIpc) is 3.30. The van der Waals surface area contributed by atoms with Crippen molar-refractivity contribution in [1.29, 1.82) is 0 Å². The van der Waals surface area contributed by atoms with Crippen LogP contribution in [0.15, 0.2) is 52.3 Å². The van der Waals surface area contributed by atoms with Crippen molar-refractivity contribution in [1.82, 2.24) is 15.2 Å². The molecule has 0 aliphatic carbocycles. The van der Waals surface area contributed by atoms with Gasteiger partial charge in [0.25, 0.3) is 0 Å². The molecule has 5 nitrogen and oxygen atoms in total. The Hall–Kier alpha value is -2.44. The molecule has 0 aliphatic heterocycles. The van der Waals surface area contributed by atoms with E-state index in [-0.39, 0.29) is 12.3 Å². The van der Waals surface area contributed by atoms with Gasteiger partial charge < -0.3 is 14.6 Å². The summed E-state index contributed by atoms with van der Waals surface area (Å²) in [5.41, 5.74) is 2.00. The summed E-state index contributed by atoms with van der Waals surface area (Å²) in [5.74, 6) is 1.28. The van der Waals surface area contributed by atoms with Crippen LogP contribution < -0.4 is 5.32 Å². The van der Waals surface area contributed by atoms with Crippen LogP contribution in [0.5, 0.6) is 0 Å². The molecule has 0 atom stereocenters. The van der Waals surface area contributed by atoms with Crippen molar-refractivity contribution in [2.45, 2.75) is 26.3 Å². The van der Waals surface area contributed by atoms with Crippen molar-refractivity contribution < 1.29 is 9.21 Å². The Morgan fingerprint density at radius 3 is 2.78 bits per heavy atom. The molecule has 3 rings (SSSR count). The van der Waals surface area contributed by atoms with Gasteiger partial charge in [-0.3, -0.25) is 4.79 Å². The summed E-state index contributed by atoms with van der Waals surface area (Å²) < 4.78 is 5.69. The standard InChI is InChI=1S/C21H25N3O2S/c1-16-18(23-21(26-16)19-10-6-13-27-19)14-20(25)22-11-7-12-24(2)15-17-8-4-3-5-9-17/h3-6,8-10,13H,7,11-12,14-15H2,1-2H3,(H,22,25). The molecule has 0 unspecified atom stereocenters. The second kappa shape index (κ2) is 9.48. The number of oxazole rings is 1. The molecule has 0 bridgehead atoms. The number of thiophene rings is 1. The number of benzene rings is 1. The summed E-state index contributed by atoms with van der Waals surface area (Å²) >= 11 is 1.58. The summed E-state index contributed by atoms with van der Waals surface area (Å²) in [6.07, 6.45) is 1.16. The van der Waals surface area contributed by atoms with Gasteiger partial charge >= 0.3 is 0 Å². The third kappa shape index (κ3) is 5.77. The largest absolute Gasteiger partial charge is 0.440 e. The van der Waals surface area contributed by atoms with E-state index < -0.39 is 0 Å². The molecule has 2 aromatic heterocycles. The summed E-state index contributed by atoms with van der Waals surface area (Å²) in [6.45, 7) is 4.36. The number of aryl methyl sites for hydroxylation is 1. The lowest BCUT2D eigenvalue weighted by Crippen LogP contribution is -2.29. The van der Waals surface area contributed by atoms with Crippen molar-refractivity contribution in [3.63, 3.8) is 0 Å². The molecule has 2 heterocycles. The number of amides is 1. The summed E-state index contributed by atoms with van der Waals surface area (Å²) in [4.78, 5) is 19.9. The number of hydrogen-bond acceptors (Lipinski definition) is 5. The van der Waals surface area contributed by atoms with Crippen molar-refractivity contribution in [2.75, 3.05) is 20.1 Å². The molecule has 3 aromatic rings. The highest BCUT2D eigenvalue weighted by Gasteiger charge is 2.15. The first-order valence-corrected chi connectivity index (χ1v) is 9.99. The minimum Gasteiger partial charge on any atom is -0.440 e. The van der Waals surface area contributed by atoms with Crippen molar-refractivity contribution in [3.05, 3.63) is 64.9 Å². The molecular formula is C21H25N3O2S. The molecule has 142 valence electrons. The maximum atomic E-state index is 12.2. The quantitative estimate of drug-likeness (QED) is 0.570. The SMILES string of the molecule is Cc1oc(-c2cccs2)nc1CC(=O)NCCCN(C)Cc1ccccc1. The minimum atomic E-state index is -0.0187. The van der Waals surface area contributed by atoms with Gasteiger partial charge in [0.1, 0.15) is 5.76 Å². The van der Waals surface area contributed by atoms with E-state index in [2.05, 4.69) is 46.5 Å². The van der Waals surface area contributed by atoms with Gasteiger partial charge in [0, 0.05) is 13.1 Å². The summed E-state index contributed by atoms with van der Waals surface area (Å²) in [5, 5.41) is 4.96. The fraction of sp³-hybridized carbons (Fsp3) is 0.333. The van der Waals surface area contributed by atoms with E-state index in [0.29, 0.717) is 23.9 Å². The van der Waals surface area contributed by atoms with Crippen LogP contribution in [0.1, 0.15) is 23.4 Å². The first kappa shape index (κ1) is 19.3. The Kier molecular flexibility index (Phi) is 6.79. The smallest absolute Gasteiger partial charge is 0.236 e. The molecule has 6 heteroatoms. The van der Waals surface area contributed by atoms with Crippen LogP contribution in [0.2, 0.25) is 0 Å². The molecule has 0 radical (unpaired) electrons. The van der Waals surface area contributed by atoms with Gasteiger partial charge in [0.05, 0.1) is 17.0 Å². The molecule has 0 aliphatic rings. The maximum Gasteiger partial charge on any atom is 0.236 e. The van der Waals surface area contributed by atoms with Crippen molar-refractivity contribution in [3.8, 4) is 10.8 Å². The lowest BCUT2D eigenvalue weighted by Gasteiger charge is -2.16. The number of carbonyl (C=O) groups excluding carboxylic acids is 1. The van der Waals surface area contributed by atoms with E-state index in [9.17, 15) is 4.79 Å². The summed E-state index contributed by atoms with van der Waals surface area (Å²) in [6, 6.07) is 14.3. The van der Waals surface area contributed by atoms with E-state index in [1.165, 1.54) is 5.56 Å². The third-order valence-electron chi connectivity index (χ3n) is 4.29. The van der Waals surface area contributed by atoms with Crippen LogP contribution in [0, 0.1) is 6.92 Å². The second-order valence-electron chi connectivity index (χ2n) is 6.60. The third-order valence-corrected chi connectivity index (χ3v) is 5.14. The van der Waals surface area contributed by atoms with Gasteiger partial charge in [-0.2, -0.15) is 0 Å². The van der Waals surface area contributed by atoms with E-state index in [1.54, 1.807) is 11.3 Å². The molecule has 0 fully saturated rings. The van der Waals surface area contributed by atoms with Crippen LogP contribution in [0.4, 0.5) is 0 Å². The first-order valence-electron chi connectivity index (χ1n) is 9.11. The second-order valence-corrected chi connectivity index (χ2v) is 7.55. The van der Waals surface area contributed by atoms with Gasteiger partial charge in [-0.15, -0.1) is 11.3 Å². The Balaban J connectivity index is 1.39. The highest BCUT2D eigenvalue weighted by molar-refractivity contribution is 7.13. The van der Waals surface area contributed by atoms with Crippen LogP contribution in [0.25, 0.3) is 10.8 Å². The molecule has 1 amide bonds. The molecule has 1 N–H and O–H groups in total. The number of hydrogen-bond donors (Lipinski definition) is 1. The molecule has 27 heavy (non-hydrogen) atoms. The van der Waals surface area contributed by atoms with Gasteiger partial charge in [-0.05, 0) is 43.9 Å². The first-order chi connectivity index (χ1) is 13.1. The number of carbonyl (C=O) groups is 1. The molecular weight excluding hydrogens is 358 g/mol. The van der Waals surface area contributed by atoms with E-state index >= 15 is 0 Å². The molecule has 0 saturated carbocycles. The summed E-state index contributed by atoms with van der Waals surface area (Å²) in [7, 11) is 2.10. The highest BCUT2D eigenvalue weighted by Crippen LogP contribution is 2.25. The van der Waals surface area contributed by atoms with Crippen molar-refractivity contribution in [2.24, 2.45) is 0 Å². The number of nitrogens with one attached hydrogen (secondary N) is 1. The molecule has 0 saturated heterocycles. The van der Waals surface area contributed by atoms with E-state index in [1.807, 2.05) is 30.5 Å². The van der Waals surface area contributed by atoms with Crippen LogP contribution in [0.3, 0.4) is 0 Å². The fourth-order valence-corrected chi connectivity index (χ4v) is 3.51. The maximum absolute atomic E-state index is 12.2. The van der Waals surface area contributed by atoms with E-state index in [0.717, 1.165) is 24.4 Å². The predicted octanol–water partition coefficient (Wildman–Crippen LogP) is 3.89. The normalized spacial score (nSPS) is 11.1. The van der Waals surface area contributed by atoms with Gasteiger partial charge in [-0.1, -0.05) is 36.4 Å². The lowest BCUT2D eigenvalue weighted by atomic mass is 10.2.